The topological polar surface area (TPSA) is 140 Å². The minimum absolute atomic E-state index is 0.0296. The number of alkyl halides is 3. The third-order valence-electron chi connectivity index (χ3n) is 5.83. The van der Waals surface area contributed by atoms with E-state index in [2.05, 4.69) is 20.2 Å². The van der Waals surface area contributed by atoms with Crippen molar-refractivity contribution in [2.24, 2.45) is 5.90 Å². The lowest BCUT2D eigenvalue weighted by Gasteiger charge is -2.24. The molecular formula is C24H26F3N5O5. The van der Waals surface area contributed by atoms with E-state index in [9.17, 15) is 22.8 Å². The van der Waals surface area contributed by atoms with Gasteiger partial charge in [0.15, 0.2) is 0 Å². The molecule has 0 saturated carbocycles. The standard InChI is InChI=1S/C22H25N5O3.C2HF3O2/c1-26-13-4-2-3-8-19(26)21(28)24-16-9-11-17(12-10-16)27-14-15-6-5-7-18(20(15)25-27)22(29)30-23;3-2(4,5)1(6)7/h5-7,9-12,14,19H,2-4,8,13,23H2,1H3,(H,24,28);(H,6,7). The Labute approximate surface area is 209 Å². The third-order valence-corrected chi connectivity index (χ3v) is 5.83. The Bertz CT molecular complexity index is 1260. The largest absolute Gasteiger partial charge is 0.490 e. The van der Waals surface area contributed by atoms with Crippen LogP contribution in [0.3, 0.4) is 0 Å². The van der Waals surface area contributed by atoms with E-state index >= 15 is 0 Å². The lowest BCUT2D eigenvalue weighted by molar-refractivity contribution is -0.192. The van der Waals surface area contributed by atoms with E-state index in [0.717, 1.165) is 42.6 Å². The second-order valence-corrected chi connectivity index (χ2v) is 8.41. The van der Waals surface area contributed by atoms with Gasteiger partial charge in [0.05, 0.1) is 17.3 Å². The number of hydrogen-bond acceptors (Lipinski definition) is 7. The highest BCUT2D eigenvalue weighted by molar-refractivity contribution is 6.02. The molecule has 198 valence electrons. The Morgan fingerprint density at radius 3 is 2.41 bits per heavy atom. The summed E-state index contributed by atoms with van der Waals surface area (Å²) in [7, 11) is 2.01. The molecule has 1 aliphatic rings. The number of hydrogen-bond donors (Lipinski definition) is 3. The van der Waals surface area contributed by atoms with Crippen molar-refractivity contribution in [2.45, 2.75) is 37.9 Å². The Morgan fingerprint density at radius 2 is 1.78 bits per heavy atom. The van der Waals surface area contributed by atoms with Crippen molar-refractivity contribution >= 4 is 34.4 Å². The van der Waals surface area contributed by atoms with Crippen LogP contribution in [-0.2, 0) is 14.4 Å². The number of aliphatic carboxylic acids is 1. The molecule has 1 amide bonds. The summed E-state index contributed by atoms with van der Waals surface area (Å²) in [5.74, 6) is 1.66. The first-order chi connectivity index (χ1) is 17.5. The zero-order chi connectivity index (χ0) is 27.2. The van der Waals surface area contributed by atoms with Gasteiger partial charge in [0, 0.05) is 17.3 Å². The fraction of sp³-hybridized carbons (Fsp3) is 0.333. The average Bonchev–Trinajstić information content (AvgIpc) is 3.18. The molecule has 4 N–H and O–H groups in total. The van der Waals surface area contributed by atoms with Crippen LogP contribution in [0, 0.1) is 0 Å². The maximum absolute atomic E-state index is 12.7. The van der Waals surface area contributed by atoms with Crippen LogP contribution in [0.2, 0.25) is 0 Å². The molecule has 0 radical (unpaired) electrons. The first-order valence-corrected chi connectivity index (χ1v) is 11.3. The second-order valence-electron chi connectivity index (χ2n) is 8.41. The molecule has 0 bridgehead atoms. The highest BCUT2D eigenvalue weighted by Crippen LogP contribution is 2.22. The maximum Gasteiger partial charge on any atom is 0.490 e. The Balaban J connectivity index is 0.000000479. The van der Waals surface area contributed by atoms with Gasteiger partial charge < -0.3 is 15.3 Å². The van der Waals surface area contributed by atoms with Crippen molar-refractivity contribution in [2.75, 3.05) is 18.9 Å². The summed E-state index contributed by atoms with van der Waals surface area (Å²) in [6.45, 7) is 0.948. The van der Waals surface area contributed by atoms with E-state index in [0.29, 0.717) is 11.1 Å². The summed E-state index contributed by atoms with van der Waals surface area (Å²) >= 11 is 0. The number of amides is 1. The number of carboxylic acids is 1. The average molecular weight is 521 g/mol. The van der Waals surface area contributed by atoms with E-state index < -0.39 is 18.1 Å². The Morgan fingerprint density at radius 1 is 1.11 bits per heavy atom. The Kier molecular flexibility index (Phi) is 8.84. The van der Waals surface area contributed by atoms with Crippen LogP contribution >= 0.6 is 0 Å². The molecule has 1 unspecified atom stereocenters. The predicted molar refractivity (Wildman–Crippen MR) is 128 cm³/mol. The van der Waals surface area contributed by atoms with Crippen molar-refractivity contribution in [3.8, 4) is 5.69 Å². The summed E-state index contributed by atoms with van der Waals surface area (Å²) < 4.78 is 33.4. The minimum atomic E-state index is -5.08. The number of anilines is 1. The number of carbonyl (C=O) groups excluding carboxylic acids is 2. The summed E-state index contributed by atoms with van der Waals surface area (Å²) in [5, 5.41) is 15.4. The van der Waals surface area contributed by atoms with Crippen LogP contribution in [-0.4, -0.2) is 63.4 Å². The third kappa shape index (κ3) is 7.05. The van der Waals surface area contributed by atoms with Gasteiger partial charge in [0.2, 0.25) is 5.91 Å². The monoisotopic (exact) mass is 521 g/mol. The predicted octanol–water partition coefficient (Wildman–Crippen LogP) is 3.50. The van der Waals surface area contributed by atoms with Gasteiger partial charge in [0.25, 0.3) is 0 Å². The van der Waals surface area contributed by atoms with Crippen molar-refractivity contribution in [1.29, 1.82) is 0 Å². The Hall–Kier alpha value is -3.97. The van der Waals surface area contributed by atoms with E-state index in [1.165, 1.54) is 6.42 Å². The number of halogens is 3. The highest BCUT2D eigenvalue weighted by atomic mass is 19.4. The molecular weight excluding hydrogens is 495 g/mol. The zero-order valence-corrected chi connectivity index (χ0v) is 19.9. The second kappa shape index (κ2) is 11.8. The molecule has 0 spiro atoms. The van der Waals surface area contributed by atoms with E-state index in [1.807, 2.05) is 43.6 Å². The highest BCUT2D eigenvalue weighted by Gasteiger charge is 2.38. The van der Waals surface area contributed by atoms with E-state index in [4.69, 9.17) is 15.8 Å². The number of nitrogens with one attached hydrogen (secondary N) is 1. The van der Waals surface area contributed by atoms with Gasteiger partial charge in [-0.3, -0.25) is 9.69 Å². The van der Waals surface area contributed by atoms with Crippen LogP contribution in [0.4, 0.5) is 18.9 Å². The fourth-order valence-electron chi connectivity index (χ4n) is 3.91. The number of likely N-dealkylation sites (N-methyl/N-ethyl adjacent to an activating group) is 1. The summed E-state index contributed by atoms with van der Waals surface area (Å²) in [6, 6.07) is 12.6. The number of aromatic nitrogens is 2. The van der Waals surface area contributed by atoms with Crippen molar-refractivity contribution in [3.05, 3.63) is 54.2 Å². The van der Waals surface area contributed by atoms with Gasteiger partial charge in [-0.25, -0.2) is 14.3 Å². The molecule has 10 nitrogen and oxygen atoms in total. The number of carbonyl (C=O) groups is 3. The molecule has 1 atom stereocenters. The molecule has 0 aliphatic carbocycles. The molecule has 4 rings (SSSR count). The van der Waals surface area contributed by atoms with Gasteiger partial charge in [-0.05, 0) is 56.8 Å². The van der Waals surface area contributed by atoms with Gasteiger partial charge in [0.1, 0.15) is 5.52 Å². The quantitative estimate of drug-likeness (QED) is 0.443. The summed E-state index contributed by atoms with van der Waals surface area (Å²) in [5.41, 5.74) is 2.38. The van der Waals surface area contributed by atoms with E-state index in [1.54, 1.807) is 16.8 Å². The lowest BCUT2D eigenvalue weighted by Crippen LogP contribution is -2.41. The van der Waals surface area contributed by atoms with Crippen LogP contribution in [0.25, 0.3) is 16.6 Å². The first-order valence-electron chi connectivity index (χ1n) is 11.3. The van der Waals surface area contributed by atoms with Crippen LogP contribution in [0.5, 0.6) is 0 Å². The SMILES string of the molecule is CN1CCCCCC1C(=O)Nc1ccc(-n2cc3cccc(C(=O)ON)c3n2)cc1.O=C(O)C(F)(F)F. The minimum Gasteiger partial charge on any atom is -0.475 e. The van der Waals surface area contributed by atoms with Crippen LogP contribution in [0.15, 0.2) is 48.7 Å². The number of carboxylic acid groups (broad SMARTS) is 1. The number of nitrogens with zero attached hydrogens (tertiary/aromatic N) is 3. The van der Waals surface area contributed by atoms with Gasteiger partial charge in [-0.15, -0.1) is 0 Å². The van der Waals surface area contributed by atoms with E-state index in [-0.39, 0.29) is 11.9 Å². The molecule has 1 aromatic heterocycles. The summed E-state index contributed by atoms with van der Waals surface area (Å²) in [6.07, 6.45) is 1.02. The van der Waals surface area contributed by atoms with Gasteiger partial charge >= 0.3 is 18.1 Å². The molecule has 13 heteroatoms. The molecule has 1 aliphatic heterocycles. The van der Waals surface area contributed by atoms with Crippen LogP contribution in [0.1, 0.15) is 36.0 Å². The fourth-order valence-corrected chi connectivity index (χ4v) is 3.91. The molecule has 2 heterocycles. The lowest BCUT2D eigenvalue weighted by atomic mass is 10.1. The number of benzene rings is 2. The van der Waals surface area contributed by atoms with Crippen molar-refractivity contribution < 1.29 is 37.5 Å². The smallest absolute Gasteiger partial charge is 0.475 e. The van der Waals surface area contributed by atoms with Gasteiger partial charge in [-0.2, -0.15) is 24.2 Å². The number of nitrogens with two attached hydrogens (primary N) is 1. The number of likely N-dealkylation sites (tertiary alicyclic amines) is 1. The maximum atomic E-state index is 12.7. The molecule has 37 heavy (non-hydrogen) atoms. The van der Waals surface area contributed by atoms with Crippen molar-refractivity contribution in [3.63, 3.8) is 0 Å². The zero-order valence-electron chi connectivity index (χ0n) is 19.9. The summed E-state index contributed by atoms with van der Waals surface area (Å²) in [4.78, 5) is 39.9. The van der Waals surface area contributed by atoms with Crippen LogP contribution < -0.4 is 11.2 Å². The van der Waals surface area contributed by atoms with Gasteiger partial charge in [-0.1, -0.05) is 25.0 Å². The molecule has 2 aromatic carbocycles. The number of rotatable bonds is 4. The molecule has 1 fully saturated rings. The molecule has 1 saturated heterocycles. The normalized spacial score (nSPS) is 16.3. The molecule has 3 aromatic rings. The number of fused-ring (bicyclic) bond motifs is 1. The van der Waals surface area contributed by atoms with Crippen molar-refractivity contribution in [1.82, 2.24) is 14.7 Å². The first kappa shape index (κ1) is 27.6.